The molecule has 1 rings (SSSR count). The first-order chi connectivity index (χ1) is 8.24. The molecule has 1 heterocycles. The van der Waals surface area contributed by atoms with Crippen LogP contribution in [-0.4, -0.2) is 11.3 Å². The maximum Gasteiger partial charge on any atom is 0.574 e. The molecule has 1 aromatic heterocycles. The fourth-order valence-corrected chi connectivity index (χ4v) is 1.42. The van der Waals surface area contributed by atoms with Gasteiger partial charge in [-0.1, -0.05) is 0 Å². The summed E-state index contributed by atoms with van der Waals surface area (Å²) in [5, 5.41) is 8.46. The van der Waals surface area contributed by atoms with Gasteiger partial charge in [-0.2, -0.15) is 5.26 Å². The van der Waals surface area contributed by atoms with Gasteiger partial charge >= 0.3 is 6.36 Å². The van der Waals surface area contributed by atoms with Crippen molar-refractivity contribution in [2.45, 2.75) is 26.1 Å². The van der Waals surface area contributed by atoms with E-state index >= 15 is 0 Å². The van der Waals surface area contributed by atoms with E-state index in [1.165, 1.54) is 0 Å². The second kappa shape index (κ2) is 5.16. The Morgan fingerprint density at radius 3 is 2.50 bits per heavy atom. The average Bonchev–Trinajstić information content (AvgIpc) is 2.13. The van der Waals surface area contributed by atoms with Gasteiger partial charge in [0.2, 0.25) is 5.88 Å². The highest BCUT2D eigenvalue weighted by molar-refractivity contribution is 5.37. The van der Waals surface area contributed by atoms with Crippen LogP contribution < -0.4 is 4.74 Å². The van der Waals surface area contributed by atoms with Gasteiger partial charge in [0.05, 0.1) is 18.2 Å². The number of aromatic nitrogens is 1. The Bertz CT molecular complexity index is 478. The van der Waals surface area contributed by atoms with Gasteiger partial charge in [0.1, 0.15) is 0 Å². The van der Waals surface area contributed by atoms with Crippen LogP contribution in [0, 0.1) is 18.3 Å². The number of alkyl halides is 5. The summed E-state index contributed by atoms with van der Waals surface area (Å²) in [5.41, 5.74) is -1.05. The third-order valence-electron chi connectivity index (χ3n) is 2.02. The van der Waals surface area contributed by atoms with Crippen molar-refractivity contribution in [2.24, 2.45) is 0 Å². The van der Waals surface area contributed by atoms with Gasteiger partial charge in [-0.25, -0.2) is 13.8 Å². The van der Waals surface area contributed by atoms with Crippen LogP contribution in [0.3, 0.4) is 0 Å². The molecule has 0 N–H and O–H groups in total. The van der Waals surface area contributed by atoms with Crippen LogP contribution in [0.5, 0.6) is 5.88 Å². The van der Waals surface area contributed by atoms with Crippen molar-refractivity contribution in [3.63, 3.8) is 0 Å². The largest absolute Gasteiger partial charge is 0.574 e. The lowest BCUT2D eigenvalue weighted by atomic mass is 10.0. The van der Waals surface area contributed by atoms with E-state index in [0.717, 1.165) is 6.92 Å². The third-order valence-corrected chi connectivity index (χ3v) is 2.02. The minimum atomic E-state index is -4.96. The molecular formula is C10H7F5N2O. The summed E-state index contributed by atoms with van der Waals surface area (Å²) in [6.07, 6.45) is -8.33. The zero-order valence-corrected chi connectivity index (χ0v) is 9.05. The van der Waals surface area contributed by atoms with Crippen molar-refractivity contribution in [2.75, 3.05) is 0 Å². The molecule has 0 atom stereocenters. The molecule has 0 radical (unpaired) electrons. The number of nitriles is 1. The number of aryl methyl sites for hydroxylation is 1. The Balaban J connectivity index is 3.24. The minimum Gasteiger partial charge on any atom is -0.388 e. The molecule has 0 bridgehead atoms. The number of halogens is 5. The molecule has 98 valence electrons. The number of hydrogen-bond acceptors (Lipinski definition) is 3. The molecule has 0 spiro atoms. The Labute approximate surface area is 98.8 Å². The highest BCUT2D eigenvalue weighted by Crippen LogP contribution is 2.30. The number of rotatable bonds is 3. The Morgan fingerprint density at radius 2 is 2.06 bits per heavy atom. The van der Waals surface area contributed by atoms with Gasteiger partial charge in [-0.3, -0.25) is 0 Å². The van der Waals surface area contributed by atoms with E-state index in [0.29, 0.717) is 6.07 Å². The third kappa shape index (κ3) is 3.55. The van der Waals surface area contributed by atoms with Crippen LogP contribution in [0.15, 0.2) is 6.07 Å². The monoisotopic (exact) mass is 266 g/mol. The first-order valence-electron chi connectivity index (χ1n) is 4.66. The maximum atomic E-state index is 12.7. The molecule has 3 nitrogen and oxygen atoms in total. The average molecular weight is 266 g/mol. The lowest BCUT2D eigenvalue weighted by Crippen LogP contribution is -2.18. The summed E-state index contributed by atoms with van der Waals surface area (Å²) in [7, 11) is 0. The highest BCUT2D eigenvalue weighted by atomic mass is 19.4. The summed E-state index contributed by atoms with van der Waals surface area (Å²) < 4.78 is 64.8. The normalized spacial score (nSPS) is 11.4. The molecule has 0 unspecified atom stereocenters. The lowest BCUT2D eigenvalue weighted by molar-refractivity contribution is -0.276. The second-order valence-corrected chi connectivity index (χ2v) is 3.30. The van der Waals surface area contributed by atoms with Gasteiger partial charge in [0, 0.05) is 11.6 Å². The van der Waals surface area contributed by atoms with E-state index in [1.54, 1.807) is 6.07 Å². The van der Waals surface area contributed by atoms with E-state index in [4.69, 9.17) is 5.26 Å². The Kier molecular flexibility index (Phi) is 4.06. The summed E-state index contributed by atoms with van der Waals surface area (Å²) in [5.74, 6) is -0.852. The van der Waals surface area contributed by atoms with E-state index < -0.39 is 30.7 Å². The first kappa shape index (κ1) is 14.2. The summed E-state index contributed by atoms with van der Waals surface area (Å²) in [6, 6.07) is 2.30. The summed E-state index contributed by atoms with van der Waals surface area (Å²) in [4.78, 5) is 3.29. The lowest BCUT2D eigenvalue weighted by Gasteiger charge is -2.13. The molecule has 0 saturated carbocycles. The van der Waals surface area contributed by atoms with Gasteiger partial charge < -0.3 is 4.74 Å². The highest BCUT2D eigenvalue weighted by Gasteiger charge is 2.32. The molecule has 0 aliphatic carbocycles. The quantitative estimate of drug-likeness (QED) is 0.788. The van der Waals surface area contributed by atoms with E-state index in [1.807, 2.05) is 0 Å². The van der Waals surface area contributed by atoms with Gasteiger partial charge in [-0.15, -0.1) is 13.2 Å². The molecule has 0 aromatic carbocycles. The minimum absolute atomic E-state index is 0.223. The van der Waals surface area contributed by atoms with Crippen LogP contribution >= 0.6 is 0 Å². The van der Waals surface area contributed by atoms with E-state index in [-0.39, 0.29) is 11.3 Å². The predicted octanol–water partition coefficient (Wildman–Crippen LogP) is 3.29. The molecule has 1 aromatic rings. The fourth-order valence-electron chi connectivity index (χ4n) is 1.42. The Hall–Kier alpha value is -1.91. The standard InChI is InChI=1S/C10H7F5N2O/c1-5-8(9(11)12)6(2-3-16)4-7(17-5)18-10(13,14)15/h4,9H,2H2,1H3. The van der Waals surface area contributed by atoms with Crippen molar-refractivity contribution in [1.29, 1.82) is 5.26 Å². The van der Waals surface area contributed by atoms with Crippen LogP contribution in [0.1, 0.15) is 23.2 Å². The maximum absolute atomic E-state index is 12.7. The predicted molar refractivity (Wildman–Crippen MR) is 49.9 cm³/mol. The van der Waals surface area contributed by atoms with Crippen molar-refractivity contribution in [3.05, 3.63) is 22.9 Å². The zero-order chi connectivity index (χ0) is 13.9. The molecule has 18 heavy (non-hydrogen) atoms. The van der Waals surface area contributed by atoms with Crippen LogP contribution in [-0.2, 0) is 6.42 Å². The van der Waals surface area contributed by atoms with Crippen LogP contribution in [0.25, 0.3) is 0 Å². The molecule has 0 fully saturated rings. The van der Waals surface area contributed by atoms with E-state index in [2.05, 4.69) is 9.72 Å². The van der Waals surface area contributed by atoms with E-state index in [9.17, 15) is 22.0 Å². The van der Waals surface area contributed by atoms with Crippen molar-refractivity contribution < 1.29 is 26.7 Å². The number of hydrogen-bond donors (Lipinski definition) is 0. The van der Waals surface area contributed by atoms with Crippen LogP contribution in [0.4, 0.5) is 22.0 Å². The van der Waals surface area contributed by atoms with Crippen molar-refractivity contribution in [1.82, 2.24) is 4.98 Å². The number of ether oxygens (including phenoxy) is 1. The fraction of sp³-hybridized carbons (Fsp3) is 0.400. The molecule has 0 aliphatic heterocycles. The summed E-state index contributed by atoms with van der Waals surface area (Å²) >= 11 is 0. The zero-order valence-electron chi connectivity index (χ0n) is 9.05. The summed E-state index contributed by atoms with van der Waals surface area (Å²) in [6.45, 7) is 1.13. The molecule has 8 heteroatoms. The molecular weight excluding hydrogens is 259 g/mol. The SMILES string of the molecule is Cc1nc(OC(F)(F)F)cc(CC#N)c1C(F)F. The topological polar surface area (TPSA) is 45.9 Å². The van der Waals surface area contributed by atoms with Gasteiger partial charge in [-0.05, 0) is 12.5 Å². The Morgan fingerprint density at radius 1 is 1.44 bits per heavy atom. The number of pyridine rings is 1. The van der Waals surface area contributed by atoms with Gasteiger partial charge in [0.15, 0.2) is 0 Å². The number of nitrogens with zero attached hydrogens (tertiary/aromatic N) is 2. The first-order valence-corrected chi connectivity index (χ1v) is 4.66. The molecule has 0 aliphatic rings. The molecule has 0 saturated heterocycles. The van der Waals surface area contributed by atoms with Crippen molar-refractivity contribution in [3.8, 4) is 11.9 Å². The smallest absolute Gasteiger partial charge is 0.388 e. The molecule has 0 amide bonds. The second-order valence-electron chi connectivity index (χ2n) is 3.30. The van der Waals surface area contributed by atoms with Crippen LogP contribution in [0.2, 0.25) is 0 Å². The van der Waals surface area contributed by atoms with Gasteiger partial charge in [0.25, 0.3) is 6.43 Å². The van der Waals surface area contributed by atoms with Crippen molar-refractivity contribution >= 4 is 0 Å².